The van der Waals surface area contributed by atoms with E-state index >= 15 is 0 Å². The number of hydrogen-bond acceptors (Lipinski definition) is 8. The standard InChI is InChI=1S/2C8H18O4S2/c2*1-5-8(4,13(9,10)6-2)14(11,12)7-3/h2*5-7H2,1-4H3. The van der Waals surface area contributed by atoms with E-state index in [9.17, 15) is 33.7 Å². The molecule has 28 heavy (non-hydrogen) atoms. The van der Waals surface area contributed by atoms with E-state index in [1.54, 1.807) is 13.8 Å². The highest BCUT2D eigenvalue weighted by molar-refractivity contribution is 8.10. The summed E-state index contributed by atoms with van der Waals surface area (Å²) in [5.41, 5.74) is 0. The lowest BCUT2D eigenvalue weighted by Crippen LogP contribution is -2.44. The molecule has 0 amide bonds. The normalized spacial score (nSPS) is 14.3. The van der Waals surface area contributed by atoms with Crippen LogP contribution in [0.25, 0.3) is 0 Å². The van der Waals surface area contributed by atoms with Crippen molar-refractivity contribution in [1.29, 1.82) is 0 Å². The van der Waals surface area contributed by atoms with Crippen molar-refractivity contribution in [2.24, 2.45) is 0 Å². The molecular weight excluding hydrogens is 448 g/mol. The number of hydrogen-bond donors (Lipinski definition) is 0. The molecular formula is C16H36O8S4. The van der Waals surface area contributed by atoms with Crippen LogP contribution in [0, 0.1) is 0 Å². The van der Waals surface area contributed by atoms with Gasteiger partial charge in [0.15, 0.2) is 47.5 Å². The van der Waals surface area contributed by atoms with Gasteiger partial charge in [-0.15, -0.1) is 0 Å². The van der Waals surface area contributed by atoms with Crippen molar-refractivity contribution in [3.63, 3.8) is 0 Å². The highest BCUT2D eigenvalue weighted by Gasteiger charge is 2.47. The van der Waals surface area contributed by atoms with Gasteiger partial charge in [0, 0.05) is 23.0 Å². The molecule has 0 heterocycles. The minimum atomic E-state index is -3.57. The molecule has 0 bridgehead atoms. The van der Waals surface area contributed by atoms with Crippen LogP contribution in [0.15, 0.2) is 0 Å². The van der Waals surface area contributed by atoms with Gasteiger partial charge in [0.2, 0.25) is 0 Å². The van der Waals surface area contributed by atoms with Crippen LogP contribution in [0.1, 0.15) is 68.2 Å². The maximum Gasteiger partial charge on any atom is 0.170 e. The number of rotatable bonds is 10. The first-order valence-corrected chi connectivity index (χ1v) is 15.9. The molecule has 0 aromatic rings. The van der Waals surface area contributed by atoms with Gasteiger partial charge in [-0.05, 0) is 26.7 Å². The molecule has 0 aromatic carbocycles. The first-order valence-electron chi connectivity index (χ1n) is 9.25. The Morgan fingerprint density at radius 3 is 0.643 bits per heavy atom. The van der Waals surface area contributed by atoms with E-state index in [1.165, 1.54) is 41.5 Å². The summed E-state index contributed by atoms with van der Waals surface area (Å²) in [7, 11) is -14.3. The summed E-state index contributed by atoms with van der Waals surface area (Å²) in [6.07, 6.45) is 0.193. The average Bonchev–Trinajstić information content (AvgIpc) is 2.66. The zero-order chi connectivity index (χ0) is 23.2. The molecule has 12 heteroatoms. The molecule has 0 aromatic heterocycles. The van der Waals surface area contributed by atoms with E-state index in [0.29, 0.717) is 0 Å². The SMILES string of the molecule is CCC(C)(S(=O)(=O)CC)S(=O)(=O)CC.CCC(C)(S(=O)(=O)CC)S(=O)(=O)CC. The molecule has 0 rings (SSSR count). The molecule has 0 N–H and O–H groups in total. The minimum Gasteiger partial charge on any atom is -0.227 e. The summed E-state index contributed by atoms with van der Waals surface area (Å²) >= 11 is 0. The van der Waals surface area contributed by atoms with Crippen molar-refractivity contribution in [3.8, 4) is 0 Å². The molecule has 0 saturated heterocycles. The van der Waals surface area contributed by atoms with Gasteiger partial charge >= 0.3 is 0 Å². The molecule has 0 saturated carbocycles. The molecule has 8 nitrogen and oxygen atoms in total. The van der Waals surface area contributed by atoms with Gasteiger partial charge in [-0.2, -0.15) is 0 Å². The second-order valence-corrected chi connectivity index (χ2v) is 17.9. The van der Waals surface area contributed by atoms with Crippen molar-refractivity contribution in [3.05, 3.63) is 0 Å². The Hall–Kier alpha value is -0.200. The van der Waals surface area contributed by atoms with Crippen LogP contribution in [-0.4, -0.2) is 64.8 Å². The topological polar surface area (TPSA) is 137 Å². The van der Waals surface area contributed by atoms with Gasteiger partial charge in [0.25, 0.3) is 0 Å². The summed E-state index contributed by atoms with van der Waals surface area (Å²) in [4.78, 5) is 0. The van der Waals surface area contributed by atoms with Crippen LogP contribution < -0.4 is 0 Å². The van der Waals surface area contributed by atoms with Gasteiger partial charge in [0.1, 0.15) is 0 Å². The maximum atomic E-state index is 11.7. The first kappa shape index (κ1) is 30.0. The van der Waals surface area contributed by atoms with Gasteiger partial charge in [-0.3, -0.25) is 0 Å². The summed E-state index contributed by atoms with van der Waals surface area (Å²) in [6.45, 7) is 11.6. The van der Waals surface area contributed by atoms with Gasteiger partial charge in [0.05, 0.1) is 0 Å². The Bertz CT molecular complexity index is 765. The fourth-order valence-electron chi connectivity index (χ4n) is 2.49. The second-order valence-electron chi connectivity index (χ2n) is 6.59. The Morgan fingerprint density at radius 2 is 0.571 bits per heavy atom. The highest BCUT2D eigenvalue weighted by Crippen LogP contribution is 2.30. The van der Waals surface area contributed by atoms with E-state index < -0.39 is 47.5 Å². The monoisotopic (exact) mass is 484 g/mol. The molecule has 0 aliphatic heterocycles. The van der Waals surface area contributed by atoms with Crippen LogP contribution in [-0.2, 0) is 39.3 Å². The third-order valence-corrected chi connectivity index (χ3v) is 17.9. The lowest BCUT2D eigenvalue weighted by molar-refractivity contribution is 0.541. The largest absolute Gasteiger partial charge is 0.227 e. The summed E-state index contributed by atoms with van der Waals surface area (Å²) < 4.78 is 90.2. The predicted molar refractivity (Wildman–Crippen MR) is 115 cm³/mol. The zero-order valence-corrected chi connectivity index (χ0v) is 21.4. The average molecular weight is 485 g/mol. The molecule has 0 aliphatic rings. The Kier molecular flexibility index (Phi) is 10.9. The number of sulfone groups is 4. The third kappa shape index (κ3) is 5.48. The smallest absolute Gasteiger partial charge is 0.170 e. The Morgan fingerprint density at radius 1 is 0.429 bits per heavy atom. The quantitative estimate of drug-likeness (QED) is 0.459. The lowest BCUT2D eigenvalue weighted by atomic mass is 10.4. The summed E-state index contributed by atoms with van der Waals surface area (Å²) in [5.74, 6) is -0.569. The van der Waals surface area contributed by atoms with Crippen LogP contribution in [0.4, 0.5) is 0 Å². The zero-order valence-electron chi connectivity index (χ0n) is 18.1. The summed E-state index contributed by atoms with van der Waals surface area (Å²) in [5, 5.41) is 0. The molecule has 0 spiro atoms. The van der Waals surface area contributed by atoms with E-state index in [0.717, 1.165) is 0 Å². The fourth-order valence-corrected chi connectivity index (χ4v) is 11.2. The molecule has 0 atom stereocenters. The second kappa shape index (κ2) is 10.2. The third-order valence-electron chi connectivity index (χ3n) is 5.44. The molecule has 0 radical (unpaired) electrons. The maximum absolute atomic E-state index is 11.7. The van der Waals surface area contributed by atoms with Crippen molar-refractivity contribution in [2.75, 3.05) is 23.0 Å². The van der Waals surface area contributed by atoms with Crippen LogP contribution in [0.5, 0.6) is 0 Å². The minimum absolute atomic E-state index is 0.0966. The highest BCUT2D eigenvalue weighted by atomic mass is 32.3. The van der Waals surface area contributed by atoms with Gasteiger partial charge in [-0.25, -0.2) is 33.7 Å². The van der Waals surface area contributed by atoms with Gasteiger partial charge < -0.3 is 0 Å². The van der Waals surface area contributed by atoms with Crippen LogP contribution in [0.2, 0.25) is 0 Å². The van der Waals surface area contributed by atoms with E-state index in [1.807, 2.05) is 0 Å². The van der Waals surface area contributed by atoms with Crippen molar-refractivity contribution < 1.29 is 33.7 Å². The summed E-state index contributed by atoms with van der Waals surface area (Å²) in [6, 6.07) is 0. The predicted octanol–water partition coefficient (Wildman–Crippen LogP) is 1.96. The van der Waals surface area contributed by atoms with E-state index in [4.69, 9.17) is 0 Å². The van der Waals surface area contributed by atoms with Crippen LogP contribution in [0.3, 0.4) is 0 Å². The van der Waals surface area contributed by atoms with Crippen molar-refractivity contribution >= 4 is 39.3 Å². The first-order chi connectivity index (χ1) is 12.4. The van der Waals surface area contributed by atoms with E-state index in [-0.39, 0.29) is 35.9 Å². The van der Waals surface area contributed by atoms with E-state index in [2.05, 4.69) is 0 Å². The molecule has 0 unspecified atom stereocenters. The van der Waals surface area contributed by atoms with Crippen molar-refractivity contribution in [2.45, 2.75) is 76.4 Å². The molecule has 172 valence electrons. The Balaban J connectivity index is 0. The van der Waals surface area contributed by atoms with Crippen LogP contribution >= 0.6 is 0 Å². The molecule has 0 aliphatic carbocycles. The molecule has 0 fully saturated rings. The van der Waals surface area contributed by atoms with Crippen molar-refractivity contribution in [1.82, 2.24) is 0 Å². The Labute approximate surface area is 172 Å². The van der Waals surface area contributed by atoms with Gasteiger partial charge in [-0.1, -0.05) is 41.5 Å². The lowest BCUT2D eigenvalue weighted by Gasteiger charge is -2.26. The fraction of sp³-hybridized carbons (Fsp3) is 1.00.